The number of likely N-dealkylation sites (N-methyl/N-ethyl adjacent to an activating group) is 1. The fraction of sp³-hybridized carbons (Fsp3) is 0.500. The maximum atomic E-state index is 12.3. The van der Waals surface area contributed by atoms with Crippen LogP contribution in [0.25, 0.3) is 0 Å². The van der Waals surface area contributed by atoms with E-state index < -0.39 is 0 Å². The summed E-state index contributed by atoms with van der Waals surface area (Å²) in [5.41, 5.74) is 0.564. The summed E-state index contributed by atoms with van der Waals surface area (Å²) >= 11 is 12.0. The third-order valence-electron chi connectivity index (χ3n) is 4.31. The second-order valence-corrected chi connectivity index (χ2v) is 6.32. The molecule has 1 N–H and O–H groups in total. The number of amides is 2. The van der Waals surface area contributed by atoms with Gasteiger partial charge in [-0.05, 0) is 38.1 Å². The highest BCUT2D eigenvalue weighted by atomic mass is 35.5. The average Bonchev–Trinajstić information content (AvgIpc) is 2.98. The first-order valence-electron chi connectivity index (χ1n) is 6.76. The van der Waals surface area contributed by atoms with Crippen molar-refractivity contribution in [2.75, 3.05) is 32.0 Å². The van der Waals surface area contributed by atoms with Crippen molar-refractivity contribution in [1.82, 2.24) is 9.80 Å². The molecule has 1 aromatic carbocycles. The molecule has 2 fully saturated rings. The number of likely N-dealkylation sites (tertiary alicyclic amines) is 2. The molecule has 1 aromatic rings. The highest BCUT2D eigenvalue weighted by Gasteiger charge is 2.41. The summed E-state index contributed by atoms with van der Waals surface area (Å²) in [6.07, 6.45) is 1.17. The van der Waals surface area contributed by atoms with Crippen LogP contribution in [0, 0.1) is 5.92 Å². The number of carbonyl (C=O) groups excluding carboxylic acids is 1. The van der Waals surface area contributed by atoms with Gasteiger partial charge in [0.25, 0.3) is 0 Å². The van der Waals surface area contributed by atoms with E-state index in [0.717, 1.165) is 19.6 Å². The summed E-state index contributed by atoms with van der Waals surface area (Å²) in [7, 11) is 2.12. The van der Waals surface area contributed by atoms with Gasteiger partial charge in [-0.2, -0.15) is 0 Å². The van der Waals surface area contributed by atoms with E-state index in [1.54, 1.807) is 18.2 Å². The van der Waals surface area contributed by atoms with Crippen LogP contribution in [0.4, 0.5) is 10.5 Å². The normalized spacial score (nSPS) is 25.9. The van der Waals surface area contributed by atoms with Gasteiger partial charge in [-0.1, -0.05) is 29.3 Å². The molecule has 0 bridgehead atoms. The molecule has 0 unspecified atom stereocenters. The summed E-state index contributed by atoms with van der Waals surface area (Å²) in [5, 5.41) is 3.68. The molecule has 2 saturated heterocycles. The van der Waals surface area contributed by atoms with Crippen LogP contribution in [0.15, 0.2) is 18.2 Å². The minimum atomic E-state index is -0.100. The lowest BCUT2D eigenvalue weighted by Crippen LogP contribution is -2.37. The predicted molar refractivity (Wildman–Crippen MR) is 81.6 cm³/mol. The second-order valence-electron chi connectivity index (χ2n) is 5.53. The van der Waals surface area contributed by atoms with Gasteiger partial charge in [-0.3, -0.25) is 0 Å². The Kier molecular flexibility index (Phi) is 3.80. The van der Waals surface area contributed by atoms with Crippen molar-refractivity contribution in [3.63, 3.8) is 0 Å². The van der Waals surface area contributed by atoms with E-state index in [9.17, 15) is 4.79 Å². The van der Waals surface area contributed by atoms with Crippen molar-refractivity contribution in [1.29, 1.82) is 0 Å². The first-order chi connectivity index (χ1) is 9.56. The Hall–Kier alpha value is -0.970. The van der Waals surface area contributed by atoms with Crippen LogP contribution >= 0.6 is 23.2 Å². The first kappa shape index (κ1) is 14.0. The van der Waals surface area contributed by atoms with E-state index in [4.69, 9.17) is 23.2 Å². The van der Waals surface area contributed by atoms with Crippen molar-refractivity contribution < 1.29 is 4.79 Å². The lowest BCUT2D eigenvalue weighted by molar-refractivity contribution is 0.213. The van der Waals surface area contributed by atoms with Crippen molar-refractivity contribution in [3.05, 3.63) is 28.2 Å². The number of anilines is 1. The highest BCUT2D eigenvalue weighted by molar-refractivity contribution is 6.43. The Balaban J connectivity index is 1.67. The number of carbonyl (C=O) groups is 1. The standard InChI is InChI=1S/C14H17Cl2N3O/c1-18-6-5-9-7-19(8-12(9)18)14(20)17-11-4-2-3-10(15)13(11)16/h2-4,9,12H,5-8H2,1H3,(H,17,20)/t9-,12+/m1/s1. The summed E-state index contributed by atoms with van der Waals surface area (Å²) in [5.74, 6) is 0.598. The van der Waals surface area contributed by atoms with Gasteiger partial charge in [0.05, 0.1) is 15.7 Å². The second kappa shape index (κ2) is 5.43. The Labute approximate surface area is 128 Å². The fourth-order valence-corrected chi connectivity index (χ4v) is 3.48. The topological polar surface area (TPSA) is 35.6 Å². The van der Waals surface area contributed by atoms with E-state index >= 15 is 0 Å². The van der Waals surface area contributed by atoms with E-state index in [0.29, 0.717) is 27.7 Å². The summed E-state index contributed by atoms with van der Waals surface area (Å²) < 4.78 is 0. The molecule has 3 rings (SSSR count). The SMILES string of the molecule is CN1CC[C@@H]2CN(C(=O)Nc3cccc(Cl)c3Cl)C[C@@H]21. The van der Waals surface area contributed by atoms with Gasteiger partial charge in [0.15, 0.2) is 0 Å². The highest BCUT2D eigenvalue weighted by Crippen LogP contribution is 2.32. The van der Waals surface area contributed by atoms with Gasteiger partial charge in [0, 0.05) is 19.1 Å². The number of nitrogens with zero attached hydrogens (tertiary/aromatic N) is 2. The zero-order valence-corrected chi connectivity index (χ0v) is 12.8. The molecule has 2 aliphatic rings. The van der Waals surface area contributed by atoms with Crippen LogP contribution in [0.3, 0.4) is 0 Å². The van der Waals surface area contributed by atoms with Crippen molar-refractivity contribution in [2.24, 2.45) is 5.92 Å². The quantitative estimate of drug-likeness (QED) is 0.864. The van der Waals surface area contributed by atoms with Crippen molar-refractivity contribution >= 4 is 34.9 Å². The molecular weight excluding hydrogens is 297 g/mol. The average molecular weight is 314 g/mol. The van der Waals surface area contributed by atoms with Crippen LogP contribution in [-0.4, -0.2) is 48.6 Å². The number of halogens is 2. The molecule has 2 heterocycles. The number of hydrogen-bond acceptors (Lipinski definition) is 2. The molecule has 6 heteroatoms. The van der Waals surface area contributed by atoms with Gasteiger partial charge in [0.1, 0.15) is 0 Å². The van der Waals surface area contributed by atoms with E-state index in [-0.39, 0.29) is 6.03 Å². The number of nitrogens with one attached hydrogen (secondary N) is 1. The number of hydrogen-bond donors (Lipinski definition) is 1. The van der Waals surface area contributed by atoms with Gasteiger partial charge >= 0.3 is 6.03 Å². The lowest BCUT2D eigenvalue weighted by Gasteiger charge is -2.21. The Morgan fingerprint density at radius 2 is 2.15 bits per heavy atom. The van der Waals surface area contributed by atoms with E-state index in [1.165, 1.54) is 6.42 Å². The Bertz CT molecular complexity index is 537. The molecule has 2 aliphatic heterocycles. The number of urea groups is 1. The maximum absolute atomic E-state index is 12.3. The molecule has 0 aliphatic carbocycles. The third-order valence-corrected chi connectivity index (χ3v) is 5.12. The smallest absolute Gasteiger partial charge is 0.321 e. The molecule has 2 atom stereocenters. The Morgan fingerprint density at radius 3 is 2.90 bits per heavy atom. The van der Waals surface area contributed by atoms with Crippen molar-refractivity contribution in [3.8, 4) is 0 Å². The Morgan fingerprint density at radius 1 is 1.35 bits per heavy atom. The maximum Gasteiger partial charge on any atom is 0.321 e. The van der Waals surface area contributed by atoms with Crippen LogP contribution in [0.2, 0.25) is 10.0 Å². The van der Waals surface area contributed by atoms with Crippen LogP contribution < -0.4 is 5.32 Å². The van der Waals surface area contributed by atoms with E-state index in [2.05, 4.69) is 17.3 Å². The van der Waals surface area contributed by atoms with E-state index in [1.807, 2.05) is 4.90 Å². The minimum Gasteiger partial charge on any atom is -0.323 e. The minimum absolute atomic E-state index is 0.100. The monoisotopic (exact) mass is 313 g/mol. The van der Waals surface area contributed by atoms with Gasteiger partial charge in [-0.15, -0.1) is 0 Å². The lowest BCUT2D eigenvalue weighted by atomic mass is 10.1. The number of rotatable bonds is 1. The van der Waals surface area contributed by atoms with Crippen LogP contribution in [-0.2, 0) is 0 Å². The molecule has 0 spiro atoms. The van der Waals surface area contributed by atoms with Crippen molar-refractivity contribution in [2.45, 2.75) is 12.5 Å². The molecule has 4 nitrogen and oxygen atoms in total. The van der Waals surface area contributed by atoms with Gasteiger partial charge < -0.3 is 15.1 Å². The summed E-state index contributed by atoms with van der Waals surface area (Å²) in [6.45, 7) is 2.73. The first-order valence-corrected chi connectivity index (χ1v) is 7.52. The number of benzene rings is 1. The zero-order chi connectivity index (χ0) is 14.3. The molecule has 0 aromatic heterocycles. The summed E-state index contributed by atoms with van der Waals surface area (Å²) in [6, 6.07) is 5.63. The molecule has 0 saturated carbocycles. The summed E-state index contributed by atoms with van der Waals surface area (Å²) in [4.78, 5) is 16.5. The predicted octanol–water partition coefficient (Wildman–Crippen LogP) is 3.16. The largest absolute Gasteiger partial charge is 0.323 e. The van der Waals surface area contributed by atoms with Gasteiger partial charge in [0.2, 0.25) is 0 Å². The molecular formula is C14H17Cl2N3O. The number of fused-ring (bicyclic) bond motifs is 1. The molecule has 108 valence electrons. The zero-order valence-electron chi connectivity index (χ0n) is 11.3. The third kappa shape index (κ3) is 2.48. The fourth-order valence-electron chi connectivity index (χ4n) is 3.13. The van der Waals surface area contributed by atoms with Crippen LogP contribution in [0.1, 0.15) is 6.42 Å². The molecule has 2 amide bonds. The van der Waals surface area contributed by atoms with Crippen LogP contribution in [0.5, 0.6) is 0 Å². The molecule has 0 radical (unpaired) electrons. The van der Waals surface area contributed by atoms with Gasteiger partial charge in [-0.25, -0.2) is 4.79 Å². The molecule has 20 heavy (non-hydrogen) atoms.